The van der Waals surface area contributed by atoms with Gasteiger partial charge in [-0.05, 0) is 38.0 Å². The Morgan fingerprint density at radius 1 is 1.42 bits per heavy atom. The molecule has 1 unspecified atom stereocenters. The maximum Gasteiger partial charge on any atom is 0.274 e. The number of aromatic nitrogens is 1. The number of amides is 1. The Morgan fingerprint density at radius 2 is 2.17 bits per heavy atom. The number of carbonyl (C=O) groups excluding carboxylic acids is 1. The fourth-order valence-electron chi connectivity index (χ4n) is 2.09. The number of hydrogen-bond donors (Lipinski definition) is 1. The standard InChI is InChI=1S/C15H15BrN2O5S/c1-9(15(19)18-24(20,21)11-3-4-11)23-14-5-2-10(16)8-12(14)13-6-7-22-17-13/h2,5-9,11H,3-4H2,1H3,(H,18,19). The van der Waals surface area contributed by atoms with Crippen LogP contribution < -0.4 is 9.46 Å². The summed E-state index contributed by atoms with van der Waals surface area (Å²) >= 11 is 3.37. The van der Waals surface area contributed by atoms with Gasteiger partial charge in [-0.2, -0.15) is 0 Å². The first kappa shape index (κ1) is 17.0. The highest BCUT2D eigenvalue weighted by Crippen LogP contribution is 2.32. The smallest absolute Gasteiger partial charge is 0.274 e. The monoisotopic (exact) mass is 414 g/mol. The predicted octanol–water partition coefficient (Wildman–Crippen LogP) is 2.48. The van der Waals surface area contributed by atoms with E-state index < -0.39 is 27.3 Å². The van der Waals surface area contributed by atoms with Crippen LogP contribution in [0.4, 0.5) is 0 Å². The van der Waals surface area contributed by atoms with E-state index in [9.17, 15) is 13.2 Å². The van der Waals surface area contributed by atoms with Gasteiger partial charge in [0.25, 0.3) is 5.91 Å². The molecule has 0 radical (unpaired) electrons. The van der Waals surface area contributed by atoms with Crippen LogP contribution in [0.2, 0.25) is 0 Å². The zero-order chi connectivity index (χ0) is 17.3. The van der Waals surface area contributed by atoms with Gasteiger partial charge < -0.3 is 9.26 Å². The van der Waals surface area contributed by atoms with Crippen LogP contribution in [0.3, 0.4) is 0 Å². The molecule has 1 aliphatic rings. The summed E-state index contributed by atoms with van der Waals surface area (Å²) in [6.07, 6.45) is 1.62. The average Bonchev–Trinajstić information content (AvgIpc) is 3.26. The first-order valence-electron chi connectivity index (χ1n) is 7.29. The number of nitrogens with one attached hydrogen (secondary N) is 1. The molecule has 1 aliphatic carbocycles. The van der Waals surface area contributed by atoms with Gasteiger partial charge in [0.2, 0.25) is 10.0 Å². The third-order valence-electron chi connectivity index (χ3n) is 3.53. The van der Waals surface area contributed by atoms with E-state index in [0.29, 0.717) is 29.8 Å². The molecule has 7 nitrogen and oxygen atoms in total. The van der Waals surface area contributed by atoms with E-state index in [1.807, 2.05) is 0 Å². The molecule has 1 atom stereocenters. The number of sulfonamides is 1. The van der Waals surface area contributed by atoms with Crippen LogP contribution in [0.25, 0.3) is 11.3 Å². The Morgan fingerprint density at radius 3 is 2.79 bits per heavy atom. The molecule has 1 amide bonds. The lowest BCUT2D eigenvalue weighted by molar-refractivity contribution is -0.125. The van der Waals surface area contributed by atoms with E-state index >= 15 is 0 Å². The van der Waals surface area contributed by atoms with Gasteiger partial charge in [-0.3, -0.25) is 4.79 Å². The number of carbonyl (C=O) groups is 1. The van der Waals surface area contributed by atoms with E-state index in [-0.39, 0.29) is 0 Å². The van der Waals surface area contributed by atoms with Crippen molar-refractivity contribution in [3.05, 3.63) is 35.0 Å². The van der Waals surface area contributed by atoms with Crippen LogP contribution in [0.15, 0.2) is 39.5 Å². The Kier molecular flexibility index (Phi) is 4.64. The summed E-state index contributed by atoms with van der Waals surface area (Å²) < 4.78 is 37.0. The van der Waals surface area contributed by atoms with Gasteiger partial charge in [0.1, 0.15) is 17.7 Å². The van der Waals surface area contributed by atoms with Gasteiger partial charge >= 0.3 is 0 Å². The summed E-state index contributed by atoms with van der Waals surface area (Å²) in [5.74, 6) is -0.297. The first-order valence-corrected chi connectivity index (χ1v) is 9.63. The average molecular weight is 415 g/mol. The molecule has 3 rings (SSSR count). The van der Waals surface area contributed by atoms with E-state index in [2.05, 4.69) is 25.8 Å². The molecule has 0 bridgehead atoms. The van der Waals surface area contributed by atoms with Crippen molar-refractivity contribution in [2.24, 2.45) is 0 Å². The molecule has 2 aromatic rings. The minimum absolute atomic E-state index is 0.401. The first-order chi connectivity index (χ1) is 11.4. The zero-order valence-electron chi connectivity index (χ0n) is 12.7. The summed E-state index contributed by atoms with van der Waals surface area (Å²) in [5.41, 5.74) is 1.17. The molecule has 0 aliphatic heterocycles. The molecule has 0 saturated heterocycles. The van der Waals surface area contributed by atoms with Crippen LogP contribution in [-0.4, -0.2) is 30.8 Å². The summed E-state index contributed by atoms with van der Waals surface area (Å²) in [5, 5.41) is 3.39. The molecular weight excluding hydrogens is 400 g/mol. The molecule has 1 N–H and O–H groups in total. The van der Waals surface area contributed by atoms with Gasteiger partial charge in [-0.15, -0.1) is 0 Å². The maximum absolute atomic E-state index is 12.1. The van der Waals surface area contributed by atoms with Gasteiger partial charge in [-0.1, -0.05) is 21.1 Å². The lowest BCUT2D eigenvalue weighted by atomic mass is 10.1. The summed E-state index contributed by atoms with van der Waals surface area (Å²) in [7, 11) is -3.60. The second-order valence-electron chi connectivity index (χ2n) is 5.50. The van der Waals surface area contributed by atoms with E-state index in [0.717, 1.165) is 4.47 Å². The molecule has 1 aromatic heterocycles. The molecule has 0 spiro atoms. The van der Waals surface area contributed by atoms with Crippen LogP contribution >= 0.6 is 15.9 Å². The largest absolute Gasteiger partial charge is 0.480 e. The minimum Gasteiger partial charge on any atom is -0.480 e. The Bertz CT molecular complexity index is 847. The Hall–Kier alpha value is -1.87. The number of hydrogen-bond acceptors (Lipinski definition) is 6. The quantitative estimate of drug-likeness (QED) is 0.779. The predicted molar refractivity (Wildman–Crippen MR) is 89.8 cm³/mol. The van der Waals surface area contributed by atoms with Crippen molar-refractivity contribution in [2.75, 3.05) is 0 Å². The Labute approximate surface area is 147 Å². The van der Waals surface area contributed by atoms with E-state index in [4.69, 9.17) is 9.26 Å². The number of nitrogens with zero attached hydrogens (tertiary/aromatic N) is 1. The molecule has 9 heteroatoms. The lowest BCUT2D eigenvalue weighted by Gasteiger charge is -2.17. The normalized spacial score (nSPS) is 15.8. The van der Waals surface area contributed by atoms with Crippen molar-refractivity contribution < 1.29 is 22.5 Å². The molecule has 1 aromatic carbocycles. The molecular formula is C15H15BrN2O5S. The minimum atomic E-state index is -3.60. The SMILES string of the molecule is CC(Oc1ccc(Br)cc1-c1ccon1)C(=O)NS(=O)(=O)C1CC1. The second kappa shape index (κ2) is 6.56. The van der Waals surface area contributed by atoms with Crippen LogP contribution in [-0.2, 0) is 14.8 Å². The fourth-order valence-corrected chi connectivity index (χ4v) is 3.82. The van der Waals surface area contributed by atoms with Gasteiger partial charge in [-0.25, -0.2) is 13.1 Å². The zero-order valence-corrected chi connectivity index (χ0v) is 15.1. The van der Waals surface area contributed by atoms with Crippen molar-refractivity contribution in [2.45, 2.75) is 31.1 Å². The number of halogens is 1. The van der Waals surface area contributed by atoms with Crippen molar-refractivity contribution >= 4 is 31.9 Å². The highest BCUT2D eigenvalue weighted by atomic mass is 79.9. The number of benzene rings is 1. The summed E-state index contributed by atoms with van der Waals surface area (Å²) in [6, 6.07) is 6.87. The van der Waals surface area contributed by atoms with Gasteiger partial charge in [0, 0.05) is 16.1 Å². The highest BCUT2D eigenvalue weighted by molar-refractivity contribution is 9.10. The Balaban J connectivity index is 1.77. The molecule has 1 heterocycles. The van der Waals surface area contributed by atoms with E-state index in [1.54, 1.807) is 24.3 Å². The van der Waals surface area contributed by atoms with Crippen LogP contribution in [0.1, 0.15) is 19.8 Å². The highest BCUT2D eigenvalue weighted by Gasteiger charge is 2.37. The van der Waals surface area contributed by atoms with Crippen molar-refractivity contribution in [1.82, 2.24) is 9.88 Å². The molecule has 128 valence electrons. The third kappa shape index (κ3) is 3.78. The lowest BCUT2D eigenvalue weighted by Crippen LogP contribution is -2.41. The molecule has 1 saturated carbocycles. The third-order valence-corrected chi connectivity index (χ3v) is 5.86. The van der Waals surface area contributed by atoms with Crippen LogP contribution in [0.5, 0.6) is 5.75 Å². The fraction of sp³-hybridized carbons (Fsp3) is 0.333. The molecule has 24 heavy (non-hydrogen) atoms. The topological polar surface area (TPSA) is 98.5 Å². The summed E-state index contributed by atoms with van der Waals surface area (Å²) in [4.78, 5) is 12.1. The van der Waals surface area contributed by atoms with Crippen molar-refractivity contribution in [3.63, 3.8) is 0 Å². The van der Waals surface area contributed by atoms with Gasteiger partial charge in [0.15, 0.2) is 6.10 Å². The van der Waals surface area contributed by atoms with E-state index in [1.165, 1.54) is 13.2 Å². The van der Waals surface area contributed by atoms with Gasteiger partial charge in [0.05, 0.1) is 5.25 Å². The number of rotatable bonds is 6. The van der Waals surface area contributed by atoms with Crippen LogP contribution in [0, 0.1) is 0 Å². The molecule has 1 fully saturated rings. The number of ether oxygens (including phenoxy) is 1. The van der Waals surface area contributed by atoms with Crippen molar-refractivity contribution in [3.8, 4) is 17.0 Å². The second-order valence-corrected chi connectivity index (χ2v) is 8.37. The maximum atomic E-state index is 12.1. The van der Waals surface area contributed by atoms with Crippen molar-refractivity contribution in [1.29, 1.82) is 0 Å². The summed E-state index contributed by atoms with van der Waals surface area (Å²) in [6.45, 7) is 1.49.